The van der Waals surface area contributed by atoms with Crippen LogP contribution < -0.4 is 15.5 Å². The number of nitrogens with one attached hydrogen (secondary N) is 2. The number of aryl methyl sites for hydroxylation is 1. The second kappa shape index (κ2) is 11.4. The van der Waals surface area contributed by atoms with Crippen molar-refractivity contribution in [2.24, 2.45) is 0 Å². The van der Waals surface area contributed by atoms with Crippen LogP contribution in [-0.2, 0) is 14.4 Å². The highest BCUT2D eigenvalue weighted by Gasteiger charge is 2.34. The van der Waals surface area contributed by atoms with Crippen molar-refractivity contribution in [2.75, 3.05) is 11.4 Å². The molecule has 7 heteroatoms. The molecule has 2 N–H and O–H groups in total. The van der Waals surface area contributed by atoms with Crippen LogP contribution in [0.5, 0.6) is 0 Å². The van der Waals surface area contributed by atoms with E-state index in [1.807, 2.05) is 31.2 Å². The molecule has 0 bridgehead atoms. The molecule has 1 unspecified atom stereocenters. The third-order valence-corrected chi connectivity index (χ3v) is 5.86. The summed E-state index contributed by atoms with van der Waals surface area (Å²) in [5.41, 5.74) is 1.84. The maximum absolute atomic E-state index is 14.1. The predicted molar refractivity (Wildman–Crippen MR) is 122 cm³/mol. The summed E-state index contributed by atoms with van der Waals surface area (Å²) in [6.07, 6.45) is 5.59. The van der Waals surface area contributed by atoms with E-state index in [-0.39, 0.29) is 30.8 Å². The molecule has 1 aliphatic rings. The molecule has 3 rings (SSSR count). The molecule has 0 radical (unpaired) electrons. The van der Waals surface area contributed by atoms with Crippen molar-refractivity contribution in [1.82, 2.24) is 10.6 Å². The maximum Gasteiger partial charge on any atom is 0.248 e. The summed E-state index contributed by atoms with van der Waals surface area (Å²) >= 11 is 0. The first-order chi connectivity index (χ1) is 15.5. The molecular formula is C25H30FN3O3. The van der Waals surface area contributed by atoms with Crippen LogP contribution in [0.1, 0.15) is 55.7 Å². The molecular weight excluding hydrogens is 409 g/mol. The molecule has 0 spiro atoms. The lowest BCUT2D eigenvalue weighted by atomic mass is 9.93. The first kappa shape index (κ1) is 23.4. The third kappa shape index (κ3) is 5.93. The van der Waals surface area contributed by atoms with Gasteiger partial charge >= 0.3 is 0 Å². The maximum atomic E-state index is 14.1. The van der Waals surface area contributed by atoms with E-state index in [1.54, 1.807) is 6.07 Å². The van der Waals surface area contributed by atoms with E-state index >= 15 is 0 Å². The van der Waals surface area contributed by atoms with Gasteiger partial charge in [0.15, 0.2) is 0 Å². The second-order valence-corrected chi connectivity index (χ2v) is 8.17. The molecule has 1 saturated carbocycles. The van der Waals surface area contributed by atoms with Crippen LogP contribution in [0.25, 0.3) is 0 Å². The highest BCUT2D eigenvalue weighted by molar-refractivity contribution is 6.01. The zero-order valence-electron chi connectivity index (χ0n) is 18.4. The number of benzene rings is 2. The topological polar surface area (TPSA) is 78.5 Å². The molecule has 3 amide bonds. The van der Waals surface area contributed by atoms with Crippen molar-refractivity contribution < 1.29 is 18.8 Å². The van der Waals surface area contributed by atoms with Crippen molar-refractivity contribution in [1.29, 1.82) is 0 Å². The summed E-state index contributed by atoms with van der Waals surface area (Å²) in [5.74, 6) is -1.16. The van der Waals surface area contributed by atoms with Gasteiger partial charge in [-0.1, -0.05) is 49.6 Å². The van der Waals surface area contributed by atoms with Crippen molar-refractivity contribution in [2.45, 2.75) is 57.5 Å². The van der Waals surface area contributed by atoms with Crippen molar-refractivity contribution in [3.8, 4) is 0 Å². The molecule has 0 aromatic heterocycles. The predicted octanol–water partition coefficient (Wildman–Crippen LogP) is 3.79. The van der Waals surface area contributed by atoms with E-state index in [2.05, 4.69) is 10.6 Å². The summed E-state index contributed by atoms with van der Waals surface area (Å²) in [7, 11) is 0. The van der Waals surface area contributed by atoms with E-state index in [4.69, 9.17) is 0 Å². The molecule has 32 heavy (non-hydrogen) atoms. The third-order valence-electron chi connectivity index (χ3n) is 5.86. The monoisotopic (exact) mass is 439 g/mol. The summed E-state index contributed by atoms with van der Waals surface area (Å²) in [6, 6.07) is 12.2. The Morgan fingerprint density at radius 3 is 2.56 bits per heavy atom. The molecule has 0 aliphatic heterocycles. The van der Waals surface area contributed by atoms with Crippen molar-refractivity contribution in [3.63, 3.8) is 0 Å². The zero-order chi connectivity index (χ0) is 22.9. The zero-order valence-corrected chi connectivity index (χ0v) is 18.4. The highest BCUT2D eigenvalue weighted by Crippen LogP contribution is 2.31. The van der Waals surface area contributed by atoms with Crippen molar-refractivity contribution >= 4 is 23.9 Å². The number of rotatable bonds is 9. The average molecular weight is 440 g/mol. The van der Waals surface area contributed by atoms with Gasteiger partial charge in [0.2, 0.25) is 18.2 Å². The fourth-order valence-corrected chi connectivity index (χ4v) is 4.24. The largest absolute Gasteiger partial charge is 0.358 e. The number of carbonyl (C=O) groups is 3. The Morgan fingerprint density at radius 1 is 1.12 bits per heavy atom. The minimum Gasteiger partial charge on any atom is -0.358 e. The van der Waals surface area contributed by atoms with E-state index in [9.17, 15) is 18.8 Å². The Labute approximate surface area is 188 Å². The minimum atomic E-state index is -0.955. The number of halogens is 1. The molecule has 1 fully saturated rings. The van der Waals surface area contributed by atoms with Crippen LogP contribution in [0.4, 0.5) is 10.1 Å². The number of hydrogen-bond donors (Lipinski definition) is 2. The van der Waals surface area contributed by atoms with Gasteiger partial charge in [0.1, 0.15) is 11.9 Å². The Morgan fingerprint density at radius 2 is 1.88 bits per heavy atom. The summed E-state index contributed by atoms with van der Waals surface area (Å²) in [6.45, 7) is 2.01. The van der Waals surface area contributed by atoms with Crippen LogP contribution in [-0.4, -0.2) is 30.8 Å². The van der Waals surface area contributed by atoms with E-state index < -0.39 is 11.9 Å². The number of amides is 3. The molecule has 170 valence electrons. The molecule has 2 aromatic rings. The number of carbonyl (C=O) groups excluding carboxylic acids is 3. The van der Waals surface area contributed by atoms with Crippen molar-refractivity contribution in [3.05, 3.63) is 65.5 Å². The van der Waals surface area contributed by atoms with Gasteiger partial charge in [0.25, 0.3) is 0 Å². The standard InChI is InChI=1S/C25H30FN3O3/c1-18-8-5-6-13-22(18)24(25(32)28-20-10-3-2-4-11-20)29(23(31)14-15-27-17-30)21-12-7-9-19(26)16-21/h5-9,12-13,16-17,20,24H,2-4,10-11,14-15H2,1H3,(H,27,30)(H,28,32). The van der Waals surface area contributed by atoms with E-state index in [0.29, 0.717) is 17.7 Å². The number of nitrogens with zero attached hydrogens (tertiary/aromatic N) is 1. The fourth-order valence-electron chi connectivity index (χ4n) is 4.24. The molecule has 1 aliphatic carbocycles. The van der Waals surface area contributed by atoms with Gasteiger partial charge in [-0.15, -0.1) is 0 Å². The quantitative estimate of drug-likeness (QED) is 0.461. The lowest BCUT2D eigenvalue weighted by molar-refractivity contribution is -0.127. The molecule has 0 saturated heterocycles. The molecule has 6 nitrogen and oxygen atoms in total. The normalized spacial score (nSPS) is 14.9. The average Bonchev–Trinajstić information content (AvgIpc) is 2.78. The van der Waals surface area contributed by atoms with Gasteiger partial charge in [-0.3, -0.25) is 19.3 Å². The second-order valence-electron chi connectivity index (χ2n) is 8.17. The van der Waals surface area contributed by atoms with E-state index in [0.717, 1.165) is 37.7 Å². The first-order valence-electron chi connectivity index (χ1n) is 11.1. The van der Waals surface area contributed by atoms with Crippen LogP contribution in [0.2, 0.25) is 0 Å². The van der Waals surface area contributed by atoms with Gasteiger partial charge in [-0.05, 0) is 49.1 Å². The fraction of sp³-hybridized carbons (Fsp3) is 0.400. The van der Waals surface area contributed by atoms with Gasteiger partial charge in [0, 0.05) is 24.7 Å². The van der Waals surface area contributed by atoms with Gasteiger partial charge in [-0.2, -0.15) is 0 Å². The Kier molecular flexibility index (Phi) is 8.36. The highest BCUT2D eigenvalue weighted by atomic mass is 19.1. The molecule has 0 heterocycles. The summed E-state index contributed by atoms with van der Waals surface area (Å²) in [4.78, 5) is 39.0. The first-order valence-corrected chi connectivity index (χ1v) is 11.1. The summed E-state index contributed by atoms with van der Waals surface area (Å²) in [5, 5.41) is 5.61. The van der Waals surface area contributed by atoms with Gasteiger partial charge < -0.3 is 10.6 Å². The van der Waals surface area contributed by atoms with Crippen LogP contribution in [0.15, 0.2) is 48.5 Å². The van der Waals surface area contributed by atoms with Crippen LogP contribution in [0.3, 0.4) is 0 Å². The molecule has 2 aromatic carbocycles. The minimum absolute atomic E-state index is 0.0195. The number of anilines is 1. The van der Waals surface area contributed by atoms with E-state index in [1.165, 1.54) is 23.1 Å². The SMILES string of the molecule is Cc1ccccc1C(C(=O)NC1CCCCC1)N(C(=O)CCNC=O)c1cccc(F)c1. The smallest absolute Gasteiger partial charge is 0.248 e. The number of hydrogen-bond acceptors (Lipinski definition) is 3. The Hall–Kier alpha value is -3.22. The molecule has 1 atom stereocenters. The van der Waals surface area contributed by atoms with Gasteiger partial charge in [-0.25, -0.2) is 4.39 Å². The lowest BCUT2D eigenvalue weighted by Crippen LogP contribution is -2.48. The van der Waals surface area contributed by atoms with Crippen LogP contribution >= 0.6 is 0 Å². The van der Waals surface area contributed by atoms with Gasteiger partial charge in [0.05, 0.1) is 0 Å². The Balaban J connectivity index is 2.03. The summed E-state index contributed by atoms with van der Waals surface area (Å²) < 4.78 is 14.1. The van der Waals surface area contributed by atoms with Crippen LogP contribution in [0, 0.1) is 12.7 Å². The Bertz CT molecular complexity index is 944. The lowest BCUT2D eigenvalue weighted by Gasteiger charge is -2.34.